The Balaban J connectivity index is 0.000000235. The van der Waals surface area contributed by atoms with Crippen LogP contribution in [0.3, 0.4) is 0 Å². The topological polar surface area (TPSA) is 54.0 Å². The summed E-state index contributed by atoms with van der Waals surface area (Å²) in [7, 11) is 0. The van der Waals surface area contributed by atoms with Crippen LogP contribution in [0.4, 0.5) is 0 Å². The summed E-state index contributed by atoms with van der Waals surface area (Å²) < 4.78 is 10.2. The fourth-order valence-corrected chi connectivity index (χ4v) is 2.25. The monoisotopic (exact) mass is 315 g/mol. The summed E-state index contributed by atoms with van der Waals surface area (Å²) in [6, 6.07) is 0.729. The molecule has 0 aromatic rings. The van der Waals surface area contributed by atoms with E-state index < -0.39 is 0 Å². The molecular formula is C16H33N3O3. The van der Waals surface area contributed by atoms with Crippen LogP contribution in [0.25, 0.3) is 0 Å². The summed E-state index contributed by atoms with van der Waals surface area (Å²) in [5, 5.41) is 3.33. The molecule has 6 heteroatoms. The van der Waals surface area contributed by atoms with Crippen LogP contribution in [0.15, 0.2) is 0 Å². The average molecular weight is 315 g/mol. The van der Waals surface area contributed by atoms with Crippen LogP contribution >= 0.6 is 0 Å². The molecule has 0 unspecified atom stereocenters. The fourth-order valence-electron chi connectivity index (χ4n) is 2.25. The van der Waals surface area contributed by atoms with Crippen molar-refractivity contribution in [3.63, 3.8) is 0 Å². The minimum Gasteiger partial charge on any atom is -0.449 e. The number of carbonyl (C=O) groups excluding carboxylic acids is 1. The van der Waals surface area contributed by atoms with Crippen molar-refractivity contribution in [1.82, 2.24) is 15.1 Å². The lowest BCUT2D eigenvalue weighted by atomic mass is 10.2. The fraction of sp³-hybridized carbons (Fsp3) is 0.938. The van der Waals surface area contributed by atoms with Gasteiger partial charge in [0, 0.05) is 45.3 Å². The smallest absolute Gasteiger partial charge is 0.309 e. The number of piperazine rings is 1. The van der Waals surface area contributed by atoms with Crippen molar-refractivity contribution in [2.45, 2.75) is 33.7 Å². The van der Waals surface area contributed by atoms with E-state index >= 15 is 0 Å². The van der Waals surface area contributed by atoms with Crippen molar-refractivity contribution in [1.29, 1.82) is 0 Å². The third-order valence-corrected chi connectivity index (χ3v) is 3.85. The van der Waals surface area contributed by atoms with Crippen LogP contribution in [0, 0.1) is 5.92 Å². The van der Waals surface area contributed by atoms with Crippen LogP contribution in [0.5, 0.6) is 0 Å². The minimum atomic E-state index is -0.133. The highest BCUT2D eigenvalue weighted by Gasteiger charge is 2.14. The molecule has 0 bridgehead atoms. The molecule has 2 heterocycles. The number of ether oxygens (including phenoxy) is 2. The Bertz CT molecular complexity index is 299. The molecule has 0 aliphatic carbocycles. The SMILES string of the molecule is CC(C)C(=O)OCN1CCOCC1.CC(C)N1CCNCC1. The second-order valence-corrected chi connectivity index (χ2v) is 6.36. The Morgan fingerprint density at radius 3 is 2.14 bits per heavy atom. The molecule has 0 saturated carbocycles. The van der Waals surface area contributed by atoms with Gasteiger partial charge in [0.05, 0.1) is 19.1 Å². The van der Waals surface area contributed by atoms with Crippen molar-refractivity contribution in [2.75, 3.05) is 59.2 Å². The zero-order valence-corrected chi connectivity index (χ0v) is 14.6. The van der Waals surface area contributed by atoms with Crippen molar-refractivity contribution < 1.29 is 14.3 Å². The maximum absolute atomic E-state index is 11.1. The van der Waals surface area contributed by atoms with E-state index in [1.807, 2.05) is 13.8 Å². The zero-order valence-electron chi connectivity index (χ0n) is 14.6. The first kappa shape index (κ1) is 19.4. The lowest BCUT2D eigenvalue weighted by molar-refractivity contribution is -0.154. The van der Waals surface area contributed by atoms with E-state index in [1.165, 1.54) is 13.1 Å². The number of nitrogens with one attached hydrogen (secondary N) is 1. The first-order chi connectivity index (χ1) is 10.5. The van der Waals surface area contributed by atoms with Gasteiger partial charge >= 0.3 is 5.97 Å². The molecule has 0 aromatic carbocycles. The highest BCUT2D eigenvalue weighted by Crippen LogP contribution is 2.00. The van der Waals surface area contributed by atoms with E-state index in [2.05, 4.69) is 29.0 Å². The minimum absolute atomic E-state index is 0.0407. The average Bonchev–Trinajstić information content (AvgIpc) is 2.55. The number of nitrogens with zero attached hydrogens (tertiary/aromatic N) is 2. The molecule has 6 nitrogen and oxygen atoms in total. The van der Waals surface area contributed by atoms with Crippen LogP contribution in [0.2, 0.25) is 0 Å². The Kier molecular flexibility index (Phi) is 9.63. The molecule has 1 N–H and O–H groups in total. The van der Waals surface area contributed by atoms with Gasteiger partial charge in [-0.1, -0.05) is 13.8 Å². The molecular weight excluding hydrogens is 282 g/mol. The first-order valence-electron chi connectivity index (χ1n) is 8.42. The number of carbonyl (C=O) groups is 1. The number of hydrogen-bond acceptors (Lipinski definition) is 6. The van der Waals surface area contributed by atoms with Gasteiger partial charge in [0.1, 0.15) is 6.73 Å². The molecule has 0 amide bonds. The standard InChI is InChI=1S/C9H17NO3.C7H16N2/c1-8(2)9(11)13-7-10-3-5-12-6-4-10;1-7(2)9-5-3-8-4-6-9/h8H,3-7H2,1-2H3;7-8H,3-6H2,1-2H3. The first-order valence-corrected chi connectivity index (χ1v) is 8.42. The van der Waals surface area contributed by atoms with Gasteiger partial charge in [-0.2, -0.15) is 0 Å². The van der Waals surface area contributed by atoms with Crippen LogP contribution < -0.4 is 5.32 Å². The normalized spacial score (nSPS) is 20.6. The number of esters is 1. The third kappa shape index (κ3) is 8.08. The highest BCUT2D eigenvalue weighted by atomic mass is 16.5. The molecule has 22 heavy (non-hydrogen) atoms. The maximum atomic E-state index is 11.1. The molecule has 2 rings (SSSR count). The van der Waals surface area contributed by atoms with Gasteiger partial charge in [0.25, 0.3) is 0 Å². The van der Waals surface area contributed by atoms with Crippen LogP contribution in [-0.2, 0) is 14.3 Å². The molecule has 130 valence electrons. The quantitative estimate of drug-likeness (QED) is 0.774. The number of hydrogen-bond donors (Lipinski definition) is 1. The summed E-state index contributed by atoms with van der Waals surface area (Å²) in [6.45, 7) is 16.5. The predicted molar refractivity (Wildman–Crippen MR) is 87.8 cm³/mol. The molecule has 2 aliphatic rings. The van der Waals surface area contributed by atoms with E-state index in [4.69, 9.17) is 9.47 Å². The van der Waals surface area contributed by atoms with E-state index in [1.54, 1.807) is 0 Å². The summed E-state index contributed by atoms with van der Waals surface area (Å²) in [5.74, 6) is -0.174. The second-order valence-electron chi connectivity index (χ2n) is 6.36. The third-order valence-electron chi connectivity index (χ3n) is 3.85. The molecule has 2 fully saturated rings. The van der Waals surface area contributed by atoms with Gasteiger partial charge in [-0.15, -0.1) is 0 Å². The number of morpholine rings is 1. The van der Waals surface area contributed by atoms with Crippen LogP contribution in [0.1, 0.15) is 27.7 Å². The molecule has 2 aliphatic heterocycles. The molecule has 0 aromatic heterocycles. The Morgan fingerprint density at radius 1 is 1.09 bits per heavy atom. The lowest BCUT2D eigenvalue weighted by Gasteiger charge is -2.30. The largest absolute Gasteiger partial charge is 0.449 e. The lowest BCUT2D eigenvalue weighted by Crippen LogP contribution is -2.46. The van der Waals surface area contributed by atoms with Crippen molar-refractivity contribution >= 4 is 5.97 Å². The molecule has 0 radical (unpaired) electrons. The van der Waals surface area contributed by atoms with Crippen molar-refractivity contribution in [3.8, 4) is 0 Å². The summed E-state index contributed by atoms with van der Waals surface area (Å²) in [5.41, 5.74) is 0. The number of rotatable bonds is 4. The van der Waals surface area contributed by atoms with E-state index in [9.17, 15) is 4.79 Å². The van der Waals surface area contributed by atoms with E-state index in [0.29, 0.717) is 6.73 Å². The van der Waals surface area contributed by atoms with Gasteiger partial charge < -0.3 is 14.8 Å². The van der Waals surface area contributed by atoms with E-state index in [0.717, 1.165) is 45.4 Å². The zero-order chi connectivity index (χ0) is 16.4. The molecule has 2 saturated heterocycles. The summed E-state index contributed by atoms with van der Waals surface area (Å²) in [4.78, 5) is 15.7. The maximum Gasteiger partial charge on any atom is 0.309 e. The summed E-state index contributed by atoms with van der Waals surface area (Å²) >= 11 is 0. The van der Waals surface area contributed by atoms with Crippen molar-refractivity contribution in [3.05, 3.63) is 0 Å². The molecule has 0 spiro atoms. The van der Waals surface area contributed by atoms with Gasteiger partial charge in [-0.05, 0) is 13.8 Å². The van der Waals surface area contributed by atoms with E-state index in [-0.39, 0.29) is 11.9 Å². The second kappa shape index (κ2) is 10.9. The molecule has 0 atom stereocenters. The van der Waals surface area contributed by atoms with Gasteiger partial charge in [-0.3, -0.25) is 14.6 Å². The Hall–Kier alpha value is -0.690. The van der Waals surface area contributed by atoms with Gasteiger partial charge in [0.2, 0.25) is 0 Å². The summed E-state index contributed by atoms with van der Waals surface area (Å²) in [6.07, 6.45) is 0. The highest BCUT2D eigenvalue weighted by molar-refractivity contribution is 5.71. The Labute approximate surface area is 135 Å². The Morgan fingerprint density at radius 2 is 1.68 bits per heavy atom. The van der Waals surface area contributed by atoms with Gasteiger partial charge in [-0.25, -0.2) is 0 Å². The van der Waals surface area contributed by atoms with Crippen molar-refractivity contribution in [2.24, 2.45) is 5.92 Å². The van der Waals surface area contributed by atoms with Gasteiger partial charge in [0.15, 0.2) is 0 Å². The predicted octanol–water partition coefficient (Wildman–Crippen LogP) is 0.775. The van der Waals surface area contributed by atoms with Crippen LogP contribution in [-0.4, -0.2) is 81.0 Å².